The quantitative estimate of drug-likeness (QED) is 0.382. The van der Waals surface area contributed by atoms with Gasteiger partial charge < -0.3 is 0 Å². The Morgan fingerprint density at radius 3 is 2.48 bits per heavy atom. The summed E-state index contributed by atoms with van der Waals surface area (Å²) in [5.41, 5.74) is 2.67. The maximum Gasteiger partial charge on any atom is 0.257 e. The second-order valence-corrected chi connectivity index (χ2v) is 8.40. The average molecular weight is 411 g/mol. The first kappa shape index (κ1) is 18.0. The zero-order valence-corrected chi connectivity index (χ0v) is 16.6. The molecule has 134 valence electrons. The van der Waals surface area contributed by atoms with Gasteiger partial charge in [-0.2, -0.15) is 0 Å². The monoisotopic (exact) mass is 410 g/mol. The lowest BCUT2D eigenvalue weighted by Crippen LogP contribution is -2.11. The number of fused-ring (bicyclic) bond motifs is 1. The van der Waals surface area contributed by atoms with Crippen LogP contribution in [0.5, 0.6) is 0 Å². The number of hydrogen-bond acceptors (Lipinski definition) is 4. The van der Waals surface area contributed by atoms with Gasteiger partial charge in [0.2, 0.25) is 0 Å². The lowest BCUT2D eigenvalue weighted by molar-refractivity contribution is 0.102. The zero-order valence-electron chi connectivity index (χ0n) is 14.2. The molecule has 4 aromatic rings. The van der Waals surface area contributed by atoms with Crippen LogP contribution >= 0.6 is 34.7 Å². The fourth-order valence-electron chi connectivity index (χ4n) is 2.54. The molecule has 0 aliphatic rings. The third kappa shape index (κ3) is 4.50. The minimum absolute atomic E-state index is 0.147. The van der Waals surface area contributed by atoms with Gasteiger partial charge in [0.25, 0.3) is 5.91 Å². The van der Waals surface area contributed by atoms with E-state index in [0.29, 0.717) is 10.7 Å². The van der Waals surface area contributed by atoms with E-state index in [-0.39, 0.29) is 5.91 Å². The highest BCUT2D eigenvalue weighted by molar-refractivity contribution is 7.98. The second kappa shape index (κ2) is 8.13. The maximum atomic E-state index is 12.5. The van der Waals surface area contributed by atoms with Gasteiger partial charge in [-0.3, -0.25) is 10.1 Å². The molecule has 1 amide bonds. The average Bonchev–Trinajstić information content (AvgIpc) is 3.10. The Bertz CT molecular complexity index is 1040. The number of halogens is 1. The van der Waals surface area contributed by atoms with E-state index in [1.807, 2.05) is 72.8 Å². The SMILES string of the molecule is O=C(Nc1nc2ccccc2s1)c1ccc(CSc2ccc(Cl)cc2)cc1. The highest BCUT2D eigenvalue weighted by Crippen LogP contribution is 2.26. The van der Waals surface area contributed by atoms with Crippen LogP contribution in [0.25, 0.3) is 10.2 Å². The topological polar surface area (TPSA) is 42.0 Å². The molecular weight excluding hydrogens is 396 g/mol. The van der Waals surface area contributed by atoms with E-state index in [1.165, 1.54) is 11.3 Å². The zero-order chi connectivity index (χ0) is 18.6. The van der Waals surface area contributed by atoms with Crippen molar-refractivity contribution in [3.8, 4) is 0 Å². The predicted molar refractivity (Wildman–Crippen MR) is 115 cm³/mol. The van der Waals surface area contributed by atoms with Crippen LogP contribution in [-0.4, -0.2) is 10.9 Å². The molecule has 1 aromatic heterocycles. The van der Waals surface area contributed by atoms with E-state index < -0.39 is 0 Å². The van der Waals surface area contributed by atoms with E-state index >= 15 is 0 Å². The van der Waals surface area contributed by atoms with E-state index in [2.05, 4.69) is 10.3 Å². The molecule has 3 aromatic carbocycles. The number of carbonyl (C=O) groups is 1. The molecule has 4 rings (SSSR count). The number of nitrogens with one attached hydrogen (secondary N) is 1. The van der Waals surface area contributed by atoms with Crippen LogP contribution in [-0.2, 0) is 5.75 Å². The van der Waals surface area contributed by atoms with Crippen molar-refractivity contribution >= 4 is 56.0 Å². The first-order valence-electron chi connectivity index (χ1n) is 8.32. The van der Waals surface area contributed by atoms with Gasteiger partial charge >= 0.3 is 0 Å². The van der Waals surface area contributed by atoms with Gasteiger partial charge in [0, 0.05) is 21.2 Å². The van der Waals surface area contributed by atoms with Crippen molar-refractivity contribution in [3.63, 3.8) is 0 Å². The van der Waals surface area contributed by atoms with Gasteiger partial charge in [0.15, 0.2) is 5.13 Å². The summed E-state index contributed by atoms with van der Waals surface area (Å²) in [6.07, 6.45) is 0. The first-order valence-corrected chi connectivity index (χ1v) is 10.5. The van der Waals surface area contributed by atoms with Crippen molar-refractivity contribution in [1.82, 2.24) is 4.98 Å². The molecule has 0 fully saturated rings. The number of hydrogen-bond donors (Lipinski definition) is 1. The minimum atomic E-state index is -0.147. The number of benzene rings is 3. The Labute approximate surface area is 170 Å². The summed E-state index contributed by atoms with van der Waals surface area (Å²) in [5.74, 6) is 0.687. The number of para-hydroxylation sites is 1. The molecule has 0 unspecified atom stereocenters. The lowest BCUT2D eigenvalue weighted by Gasteiger charge is -2.05. The molecule has 3 nitrogen and oxygen atoms in total. The molecule has 6 heteroatoms. The number of aromatic nitrogens is 1. The molecule has 0 radical (unpaired) electrons. The van der Waals surface area contributed by atoms with Gasteiger partial charge in [-0.15, -0.1) is 11.8 Å². The highest BCUT2D eigenvalue weighted by Gasteiger charge is 2.10. The number of carbonyl (C=O) groups excluding carboxylic acids is 1. The van der Waals surface area contributed by atoms with E-state index in [9.17, 15) is 4.79 Å². The molecule has 0 saturated carbocycles. The number of thioether (sulfide) groups is 1. The summed E-state index contributed by atoms with van der Waals surface area (Å²) in [5, 5.41) is 4.23. The van der Waals surface area contributed by atoms with Crippen molar-refractivity contribution in [3.05, 3.63) is 88.9 Å². The third-order valence-electron chi connectivity index (χ3n) is 3.95. The van der Waals surface area contributed by atoms with Crippen molar-refractivity contribution in [1.29, 1.82) is 0 Å². The fraction of sp³-hybridized carbons (Fsp3) is 0.0476. The number of anilines is 1. The number of amides is 1. The van der Waals surface area contributed by atoms with Crippen LogP contribution in [0.2, 0.25) is 5.02 Å². The van der Waals surface area contributed by atoms with Gasteiger partial charge in [0.05, 0.1) is 10.2 Å². The molecule has 0 saturated heterocycles. The Morgan fingerprint density at radius 1 is 1.00 bits per heavy atom. The van der Waals surface area contributed by atoms with Crippen LogP contribution < -0.4 is 5.32 Å². The second-order valence-electron chi connectivity index (χ2n) is 5.88. The molecule has 0 aliphatic heterocycles. The van der Waals surface area contributed by atoms with E-state index in [1.54, 1.807) is 11.8 Å². The van der Waals surface area contributed by atoms with Crippen LogP contribution in [0.15, 0.2) is 77.7 Å². The molecule has 1 N–H and O–H groups in total. The fourth-order valence-corrected chi connectivity index (χ4v) is 4.39. The molecule has 0 bridgehead atoms. The smallest absolute Gasteiger partial charge is 0.257 e. The van der Waals surface area contributed by atoms with Gasteiger partial charge in [-0.05, 0) is 54.1 Å². The van der Waals surface area contributed by atoms with Crippen molar-refractivity contribution in [2.45, 2.75) is 10.6 Å². The molecular formula is C21H15ClN2OS2. The number of nitrogens with zero attached hydrogens (tertiary/aromatic N) is 1. The number of thiazole rings is 1. The molecule has 0 spiro atoms. The molecule has 0 aliphatic carbocycles. The van der Waals surface area contributed by atoms with Crippen LogP contribution in [0.3, 0.4) is 0 Å². The lowest BCUT2D eigenvalue weighted by atomic mass is 10.1. The standard InChI is InChI=1S/C21H15ClN2OS2/c22-16-9-11-17(12-10-16)26-13-14-5-7-15(8-6-14)20(25)24-21-23-18-3-1-2-4-19(18)27-21/h1-12H,13H2,(H,23,24,25). The minimum Gasteiger partial charge on any atom is -0.298 e. The Kier molecular flexibility index (Phi) is 5.43. The summed E-state index contributed by atoms with van der Waals surface area (Å²) >= 11 is 9.11. The Morgan fingerprint density at radius 2 is 1.74 bits per heavy atom. The number of rotatable bonds is 5. The normalized spacial score (nSPS) is 10.9. The van der Waals surface area contributed by atoms with Gasteiger partial charge in [0.1, 0.15) is 0 Å². The molecule has 0 atom stereocenters. The van der Waals surface area contributed by atoms with Crippen LogP contribution in [0.1, 0.15) is 15.9 Å². The van der Waals surface area contributed by atoms with E-state index in [4.69, 9.17) is 11.6 Å². The van der Waals surface area contributed by atoms with Crippen LogP contribution in [0, 0.1) is 0 Å². The van der Waals surface area contributed by atoms with Crippen molar-refractivity contribution in [2.75, 3.05) is 5.32 Å². The molecule has 27 heavy (non-hydrogen) atoms. The van der Waals surface area contributed by atoms with Crippen LogP contribution in [0.4, 0.5) is 5.13 Å². The Hall–Kier alpha value is -2.34. The maximum absolute atomic E-state index is 12.5. The first-order chi connectivity index (χ1) is 13.2. The summed E-state index contributed by atoms with van der Waals surface area (Å²) in [4.78, 5) is 18.1. The summed E-state index contributed by atoms with van der Waals surface area (Å²) < 4.78 is 1.06. The van der Waals surface area contributed by atoms with Gasteiger partial charge in [-0.25, -0.2) is 4.98 Å². The molecule has 1 heterocycles. The predicted octanol–water partition coefficient (Wildman–Crippen LogP) is 6.49. The summed E-state index contributed by atoms with van der Waals surface area (Å²) in [7, 11) is 0. The van der Waals surface area contributed by atoms with Gasteiger partial charge in [-0.1, -0.05) is 47.2 Å². The largest absolute Gasteiger partial charge is 0.298 e. The van der Waals surface area contributed by atoms with Crippen molar-refractivity contribution < 1.29 is 4.79 Å². The summed E-state index contributed by atoms with van der Waals surface area (Å²) in [6.45, 7) is 0. The summed E-state index contributed by atoms with van der Waals surface area (Å²) in [6, 6.07) is 23.3. The Balaban J connectivity index is 1.38. The third-order valence-corrected chi connectivity index (χ3v) is 6.24. The van der Waals surface area contributed by atoms with Crippen molar-refractivity contribution in [2.24, 2.45) is 0 Å². The van der Waals surface area contributed by atoms with E-state index in [0.717, 1.165) is 31.5 Å². The highest BCUT2D eigenvalue weighted by atomic mass is 35.5.